The van der Waals surface area contributed by atoms with Gasteiger partial charge in [0, 0.05) is 73.0 Å². The summed E-state index contributed by atoms with van der Waals surface area (Å²) in [6, 6.07) is 68.6. The van der Waals surface area contributed by atoms with Gasteiger partial charge >= 0.3 is 0 Å². The molecule has 0 aliphatic heterocycles. The topological polar surface area (TPSA) is 87.6 Å². The molecule has 9 heteroatoms. The van der Waals surface area contributed by atoms with Crippen molar-refractivity contribution in [2.24, 2.45) is 0 Å². The fraction of sp³-hybridized carbons (Fsp3) is 0. The van der Waals surface area contributed by atoms with E-state index >= 15 is 0 Å². The summed E-state index contributed by atoms with van der Waals surface area (Å²) in [5, 5.41) is 31.5. The molecule has 0 radical (unpaired) electrons. The predicted octanol–water partition coefficient (Wildman–Crippen LogP) is 16.7. The van der Waals surface area contributed by atoms with Gasteiger partial charge in [-0.05, 0) is 66.2 Å². The monoisotopic (exact) mass is 925 g/mol. The van der Waals surface area contributed by atoms with Gasteiger partial charge in [0.25, 0.3) is 0 Å². The van der Waals surface area contributed by atoms with Crippen LogP contribution >= 0.6 is 22.7 Å². The van der Waals surface area contributed by atoms with Crippen LogP contribution in [0.25, 0.3) is 134 Å². The molecule has 0 unspecified atom stereocenters. The van der Waals surface area contributed by atoms with E-state index in [1.165, 1.54) is 40.3 Å². The SMILES string of the molecule is [C-]#[N+]c1cc(-c2nc(-c3ccccc3)nc(-c3ccc(-n4c5ccccc5c5c6sc7ccccc7c6ccc54)c(C#N)c3)c2C#N)ccc1-n1c2ccccc2c2c3sc4ccccc4c3ccc21. The zero-order valence-corrected chi connectivity index (χ0v) is 38.5. The molecule has 0 fully saturated rings. The van der Waals surface area contributed by atoms with Crippen molar-refractivity contribution in [1.82, 2.24) is 19.1 Å². The highest BCUT2D eigenvalue weighted by Gasteiger charge is 2.25. The van der Waals surface area contributed by atoms with Gasteiger partial charge in [0.05, 0.1) is 57.0 Å². The van der Waals surface area contributed by atoms with Gasteiger partial charge < -0.3 is 9.13 Å². The fourth-order valence-electron chi connectivity index (χ4n) is 10.6. The van der Waals surface area contributed by atoms with Crippen LogP contribution in [0.15, 0.2) is 188 Å². The first-order chi connectivity index (χ1) is 34.6. The Hall–Kier alpha value is -9.43. The number of aromatic nitrogens is 4. The summed E-state index contributed by atoms with van der Waals surface area (Å²) in [5.41, 5.74) is 9.33. The van der Waals surface area contributed by atoms with Crippen LogP contribution in [0.3, 0.4) is 0 Å². The van der Waals surface area contributed by atoms with E-state index in [4.69, 9.17) is 16.5 Å². The third-order valence-electron chi connectivity index (χ3n) is 13.7. The Morgan fingerprint density at radius 3 is 1.50 bits per heavy atom. The molecule has 0 spiro atoms. The third-order valence-corrected chi connectivity index (χ3v) is 16.1. The summed E-state index contributed by atoms with van der Waals surface area (Å²) in [6.45, 7) is 8.59. The maximum atomic E-state index is 11.1. The molecule has 70 heavy (non-hydrogen) atoms. The van der Waals surface area contributed by atoms with E-state index in [0.29, 0.717) is 39.6 Å². The molecule has 322 valence electrons. The number of benzene rings is 9. The fourth-order valence-corrected chi connectivity index (χ4v) is 13.1. The van der Waals surface area contributed by atoms with Gasteiger partial charge in [0.15, 0.2) is 5.82 Å². The lowest BCUT2D eigenvalue weighted by atomic mass is 9.98. The molecule has 0 aliphatic carbocycles. The third kappa shape index (κ3) is 5.70. The zero-order valence-electron chi connectivity index (χ0n) is 36.8. The Labute approximate surface area is 407 Å². The lowest BCUT2D eigenvalue weighted by Gasteiger charge is -2.16. The van der Waals surface area contributed by atoms with E-state index in [1.54, 1.807) is 22.7 Å². The highest BCUT2D eigenvalue weighted by Crippen LogP contribution is 2.47. The van der Waals surface area contributed by atoms with Crippen molar-refractivity contribution < 1.29 is 0 Å². The van der Waals surface area contributed by atoms with Gasteiger partial charge in [-0.1, -0.05) is 127 Å². The first kappa shape index (κ1) is 39.7. The normalized spacial score (nSPS) is 11.7. The Morgan fingerprint density at radius 2 is 0.943 bits per heavy atom. The molecule has 0 amide bonds. The number of para-hydroxylation sites is 2. The summed E-state index contributed by atoms with van der Waals surface area (Å²) in [5.74, 6) is 0.421. The van der Waals surface area contributed by atoms with Crippen molar-refractivity contribution in [3.8, 4) is 57.4 Å². The van der Waals surface area contributed by atoms with Gasteiger partial charge in [-0.2, -0.15) is 10.5 Å². The molecule has 5 heterocycles. The standard InChI is InChI=1S/C61H31N7S2/c1-64-46-32-37(24-28-50(46)68-49-20-10-6-18-44(49)56-52(68)30-26-42-40-16-8-12-22-54(40)70-60(42)56)58-45(34-63)57(65-61(66-58)35-13-3-2-4-14-35)36-23-27-47(38(31-36)33-62)67-48-19-9-5-17-43(48)55-51(67)29-25-41-39-15-7-11-21-53(39)69-59(41)55/h2-32H. The number of thiophene rings is 2. The van der Waals surface area contributed by atoms with Crippen molar-refractivity contribution >= 4 is 112 Å². The summed E-state index contributed by atoms with van der Waals surface area (Å²) >= 11 is 3.58. The van der Waals surface area contributed by atoms with Crippen LogP contribution in [0, 0.1) is 29.2 Å². The predicted molar refractivity (Wildman–Crippen MR) is 288 cm³/mol. The molecule has 0 N–H and O–H groups in total. The van der Waals surface area contributed by atoms with Crippen LogP contribution in [-0.2, 0) is 0 Å². The highest BCUT2D eigenvalue weighted by molar-refractivity contribution is 7.27. The minimum atomic E-state index is 0.244. The van der Waals surface area contributed by atoms with E-state index < -0.39 is 0 Å². The van der Waals surface area contributed by atoms with Crippen LogP contribution in [0.1, 0.15) is 11.1 Å². The van der Waals surface area contributed by atoms with Crippen LogP contribution < -0.4 is 0 Å². The Kier molecular flexibility index (Phi) is 8.68. The maximum absolute atomic E-state index is 11.1. The van der Waals surface area contributed by atoms with Gasteiger partial charge in [-0.25, -0.2) is 14.8 Å². The van der Waals surface area contributed by atoms with Crippen molar-refractivity contribution in [2.45, 2.75) is 0 Å². The zero-order chi connectivity index (χ0) is 46.6. The largest absolute Gasteiger partial charge is 0.319 e. The summed E-state index contributed by atoms with van der Waals surface area (Å²) in [7, 11) is 0. The smallest absolute Gasteiger partial charge is 0.211 e. The number of nitrogens with zero attached hydrogens (tertiary/aromatic N) is 7. The summed E-state index contributed by atoms with van der Waals surface area (Å²) in [6.07, 6.45) is 0. The number of nitriles is 2. The van der Waals surface area contributed by atoms with Crippen LogP contribution in [0.2, 0.25) is 0 Å². The highest BCUT2D eigenvalue weighted by atomic mass is 32.1. The van der Waals surface area contributed by atoms with Crippen molar-refractivity contribution in [3.05, 3.63) is 211 Å². The minimum Gasteiger partial charge on any atom is -0.319 e. The molecule has 0 aliphatic rings. The minimum absolute atomic E-state index is 0.244. The first-order valence-electron chi connectivity index (χ1n) is 22.7. The lowest BCUT2D eigenvalue weighted by molar-refractivity contribution is 1.15. The molecule has 14 rings (SSSR count). The molecule has 14 aromatic rings. The number of fused-ring (bicyclic) bond motifs is 14. The van der Waals surface area contributed by atoms with Crippen molar-refractivity contribution in [1.29, 1.82) is 10.5 Å². The number of rotatable bonds is 5. The molecule has 0 saturated carbocycles. The van der Waals surface area contributed by atoms with Crippen LogP contribution in [0.4, 0.5) is 5.69 Å². The number of hydrogen-bond donors (Lipinski definition) is 0. The molecule has 0 bridgehead atoms. The molecular weight excluding hydrogens is 895 g/mol. The van der Waals surface area contributed by atoms with E-state index in [1.807, 2.05) is 78.9 Å². The summed E-state index contributed by atoms with van der Waals surface area (Å²) < 4.78 is 9.25. The van der Waals surface area contributed by atoms with Crippen LogP contribution in [-0.4, -0.2) is 19.1 Å². The quantitative estimate of drug-likeness (QED) is 0.161. The second kappa shape index (κ2) is 15.3. The Bertz CT molecular complexity index is 4430. The molecule has 7 nitrogen and oxygen atoms in total. The van der Waals surface area contributed by atoms with Crippen molar-refractivity contribution in [2.75, 3.05) is 0 Å². The van der Waals surface area contributed by atoms with Crippen LogP contribution in [0.5, 0.6) is 0 Å². The van der Waals surface area contributed by atoms with E-state index in [0.717, 1.165) is 60.5 Å². The molecule has 0 atom stereocenters. The lowest BCUT2D eigenvalue weighted by Crippen LogP contribution is -2.03. The Balaban J connectivity index is 0.950. The second-order valence-electron chi connectivity index (χ2n) is 17.3. The van der Waals surface area contributed by atoms with Gasteiger partial charge in [-0.15, -0.1) is 22.7 Å². The molecule has 9 aromatic carbocycles. The van der Waals surface area contributed by atoms with Gasteiger partial charge in [0.2, 0.25) is 5.69 Å². The second-order valence-corrected chi connectivity index (χ2v) is 19.4. The summed E-state index contributed by atoms with van der Waals surface area (Å²) in [4.78, 5) is 14.3. The average Bonchev–Trinajstić information content (AvgIpc) is 4.18. The van der Waals surface area contributed by atoms with Crippen molar-refractivity contribution in [3.63, 3.8) is 0 Å². The molecular formula is C61H31N7S2. The van der Waals surface area contributed by atoms with E-state index in [-0.39, 0.29) is 5.56 Å². The number of hydrogen-bond acceptors (Lipinski definition) is 6. The average molecular weight is 926 g/mol. The first-order valence-corrected chi connectivity index (χ1v) is 24.3. The van der Waals surface area contributed by atoms with Gasteiger partial charge in [0.1, 0.15) is 17.7 Å². The molecule has 5 aromatic heterocycles. The molecule has 0 saturated heterocycles. The van der Waals surface area contributed by atoms with E-state index in [9.17, 15) is 10.5 Å². The Morgan fingerprint density at radius 1 is 0.443 bits per heavy atom. The maximum Gasteiger partial charge on any atom is 0.211 e. The van der Waals surface area contributed by atoms with Gasteiger partial charge in [-0.3, -0.25) is 0 Å². The van der Waals surface area contributed by atoms with E-state index in [2.05, 4.69) is 135 Å².